The van der Waals surface area contributed by atoms with Gasteiger partial charge in [0.2, 0.25) is 0 Å². The van der Waals surface area contributed by atoms with E-state index >= 15 is 0 Å². The number of hydrogen-bond donors (Lipinski definition) is 0. The zero-order valence-corrected chi connectivity index (χ0v) is 8.20. The molecular weight excluding hydrogens is 184 g/mol. The molecule has 0 atom stereocenters. The van der Waals surface area contributed by atoms with E-state index in [1.807, 2.05) is 0 Å². The molecule has 14 heavy (non-hydrogen) atoms. The molecule has 0 saturated carbocycles. The van der Waals surface area contributed by atoms with Crippen LogP contribution in [0.4, 0.5) is 0 Å². The Morgan fingerprint density at radius 1 is 1.21 bits per heavy atom. The molecule has 4 heteroatoms. The lowest BCUT2D eigenvalue weighted by molar-refractivity contribution is -0.137. The van der Waals surface area contributed by atoms with E-state index in [-0.39, 0.29) is 11.3 Å². The van der Waals surface area contributed by atoms with Gasteiger partial charge in [-0.2, -0.15) is 0 Å². The fourth-order valence-electron chi connectivity index (χ4n) is 0.756. The maximum atomic E-state index is 11.1. The second-order valence-electron chi connectivity index (χ2n) is 2.27. The summed E-state index contributed by atoms with van der Waals surface area (Å²) in [6.45, 7) is 8.04. The Morgan fingerprint density at radius 3 is 2.07 bits per heavy atom. The number of ether oxygens (including phenoxy) is 2. The molecule has 0 heterocycles. The van der Waals surface area contributed by atoms with Crippen LogP contribution in [-0.4, -0.2) is 19.0 Å². The molecule has 4 nitrogen and oxygen atoms in total. The number of hydrogen-bond acceptors (Lipinski definition) is 4. The van der Waals surface area contributed by atoms with Crippen molar-refractivity contribution in [1.29, 1.82) is 0 Å². The molecule has 0 aliphatic carbocycles. The lowest BCUT2D eigenvalue weighted by atomic mass is 10.2. The largest absolute Gasteiger partial charge is 0.465 e. The molecule has 76 valence electrons. The molecule has 0 aromatic rings. The van der Waals surface area contributed by atoms with E-state index in [0.29, 0.717) is 0 Å². The normalized spacial score (nSPS) is 11.0. The Morgan fingerprint density at radius 2 is 1.79 bits per heavy atom. The number of carbonyl (C=O) groups is 2. The van der Waals surface area contributed by atoms with E-state index in [9.17, 15) is 9.59 Å². The minimum Gasteiger partial charge on any atom is -0.465 e. The van der Waals surface area contributed by atoms with Crippen LogP contribution in [0.3, 0.4) is 0 Å². The van der Waals surface area contributed by atoms with Gasteiger partial charge in [0.25, 0.3) is 0 Å². The highest BCUT2D eigenvalue weighted by Gasteiger charge is 2.13. The molecule has 0 amide bonds. The van der Waals surface area contributed by atoms with Crippen LogP contribution in [0.2, 0.25) is 0 Å². The molecule has 0 aliphatic heterocycles. The Kier molecular flexibility index (Phi) is 4.99. The first-order valence-electron chi connectivity index (χ1n) is 3.82. The maximum Gasteiger partial charge on any atom is 0.341 e. The second-order valence-corrected chi connectivity index (χ2v) is 2.27. The van der Waals surface area contributed by atoms with Crippen molar-refractivity contribution in [3.63, 3.8) is 0 Å². The second kappa shape index (κ2) is 5.75. The summed E-state index contributed by atoms with van der Waals surface area (Å²) in [5.74, 6) is -1.13. The van der Waals surface area contributed by atoms with Gasteiger partial charge in [-0.05, 0) is 6.08 Å². The van der Waals surface area contributed by atoms with E-state index in [1.54, 1.807) is 0 Å². The molecule has 0 spiro atoms. The van der Waals surface area contributed by atoms with Crippen molar-refractivity contribution in [3.05, 3.63) is 36.6 Å². The summed E-state index contributed by atoms with van der Waals surface area (Å²) in [7, 11) is 1.22. The van der Waals surface area contributed by atoms with Gasteiger partial charge in [0.15, 0.2) is 0 Å². The van der Waals surface area contributed by atoms with Crippen LogP contribution < -0.4 is 0 Å². The van der Waals surface area contributed by atoms with E-state index in [1.165, 1.54) is 26.2 Å². The van der Waals surface area contributed by atoms with Gasteiger partial charge in [0, 0.05) is 6.92 Å². The predicted octanol–water partition coefficient (Wildman–Crippen LogP) is 1.35. The molecule has 0 radical (unpaired) electrons. The van der Waals surface area contributed by atoms with Crippen molar-refractivity contribution in [1.82, 2.24) is 0 Å². The Labute approximate surface area is 82.5 Å². The van der Waals surface area contributed by atoms with Crippen molar-refractivity contribution in [3.8, 4) is 0 Å². The van der Waals surface area contributed by atoms with E-state index in [0.717, 1.165) is 0 Å². The molecule has 0 rings (SSSR count). The fourth-order valence-corrected chi connectivity index (χ4v) is 0.756. The molecule has 0 aromatic carbocycles. The summed E-state index contributed by atoms with van der Waals surface area (Å²) in [4.78, 5) is 21.8. The summed E-state index contributed by atoms with van der Waals surface area (Å²) in [6, 6.07) is 0. The number of carbonyl (C=O) groups excluding carboxylic acids is 2. The first kappa shape index (κ1) is 12.2. The third kappa shape index (κ3) is 3.26. The van der Waals surface area contributed by atoms with Crippen LogP contribution in [0.5, 0.6) is 0 Å². The SMILES string of the molecule is C=C/C(OC(C)=O)=C(\C=C)C(=O)OC. The zero-order chi connectivity index (χ0) is 11.1. The number of rotatable bonds is 4. The van der Waals surface area contributed by atoms with Gasteiger partial charge in [-0.15, -0.1) is 0 Å². The van der Waals surface area contributed by atoms with Crippen molar-refractivity contribution in [2.75, 3.05) is 7.11 Å². The molecule has 0 N–H and O–H groups in total. The highest BCUT2D eigenvalue weighted by Crippen LogP contribution is 2.10. The number of esters is 2. The first-order valence-corrected chi connectivity index (χ1v) is 3.82. The van der Waals surface area contributed by atoms with Gasteiger partial charge >= 0.3 is 11.9 Å². The van der Waals surface area contributed by atoms with Crippen LogP contribution in [0.1, 0.15) is 6.92 Å². The third-order valence-corrected chi connectivity index (χ3v) is 1.31. The van der Waals surface area contributed by atoms with Crippen LogP contribution in [0.25, 0.3) is 0 Å². The topological polar surface area (TPSA) is 52.6 Å². The van der Waals surface area contributed by atoms with Crippen LogP contribution in [0.15, 0.2) is 36.6 Å². The summed E-state index contributed by atoms with van der Waals surface area (Å²) >= 11 is 0. The molecule has 0 unspecified atom stereocenters. The summed E-state index contributed by atoms with van der Waals surface area (Å²) < 4.78 is 9.19. The fraction of sp³-hybridized carbons (Fsp3) is 0.200. The minimum absolute atomic E-state index is 0.0411. The summed E-state index contributed by atoms with van der Waals surface area (Å²) in [5.41, 5.74) is 0.0673. The quantitative estimate of drug-likeness (QED) is 0.295. The van der Waals surface area contributed by atoms with E-state index in [2.05, 4.69) is 17.9 Å². The lowest BCUT2D eigenvalue weighted by Gasteiger charge is -2.05. The average Bonchev–Trinajstić information content (AvgIpc) is 2.16. The summed E-state index contributed by atoms with van der Waals surface area (Å²) in [6.07, 6.45) is 2.49. The van der Waals surface area contributed by atoms with Crippen molar-refractivity contribution in [2.45, 2.75) is 6.92 Å². The van der Waals surface area contributed by atoms with Crippen molar-refractivity contribution in [2.24, 2.45) is 0 Å². The number of methoxy groups -OCH3 is 1. The molecule has 0 saturated heterocycles. The minimum atomic E-state index is -0.629. The van der Waals surface area contributed by atoms with Gasteiger partial charge in [-0.1, -0.05) is 19.2 Å². The Balaban J connectivity index is 5.10. The molecule has 0 aromatic heterocycles. The van der Waals surface area contributed by atoms with Crippen LogP contribution >= 0.6 is 0 Å². The summed E-state index contributed by atoms with van der Waals surface area (Å²) in [5, 5.41) is 0. The van der Waals surface area contributed by atoms with Gasteiger partial charge in [-0.3, -0.25) is 4.79 Å². The van der Waals surface area contributed by atoms with Crippen LogP contribution in [-0.2, 0) is 19.1 Å². The van der Waals surface area contributed by atoms with Crippen LogP contribution in [0, 0.1) is 0 Å². The Bertz CT molecular complexity index is 299. The first-order chi connectivity index (χ1) is 6.56. The van der Waals surface area contributed by atoms with Gasteiger partial charge < -0.3 is 9.47 Å². The molecule has 0 aliphatic rings. The molecular formula is C10H12O4. The Hall–Kier alpha value is -1.84. The zero-order valence-electron chi connectivity index (χ0n) is 8.20. The smallest absolute Gasteiger partial charge is 0.341 e. The highest BCUT2D eigenvalue weighted by atomic mass is 16.5. The number of allylic oxidation sites excluding steroid dienone is 1. The van der Waals surface area contributed by atoms with Crippen molar-refractivity contribution >= 4 is 11.9 Å². The van der Waals surface area contributed by atoms with Gasteiger partial charge in [0.05, 0.1) is 7.11 Å². The molecule has 0 fully saturated rings. The van der Waals surface area contributed by atoms with E-state index in [4.69, 9.17) is 4.74 Å². The van der Waals surface area contributed by atoms with Crippen molar-refractivity contribution < 1.29 is 19.1 Å². The molecule has 0 bridgehead atoms. The average molecular weight is 196 g/mol. The monoisotopic (exact) mass is 196 g/mol. The third-order valence-electron chi connectivity index (χ3n) is 1.31. The highest BCUT2D eigenvalue weighted by molar-refractivity contribution is 5.92. The predicted molar refractivity (Wildman–Crippen MR) is 51.2 cm³/mol. The van der Waals surface area contributed by atoms with E-state index < -0.39 is 11.9 Å². The standard InChI is InChI=1S/C10H12O4/c1-5-8(10(12)13-4)9(6-2)14-7(3)11/h5-6H,1-2H2,3-4H3/b9-8-. The van der Waals surface area contributed by atoms with Gasteiger partial charge in [-0.25, -0.2) is 4.79 Å². The van der Waals surface area contributed by atoms with Gasteiger partial charge in [0.1, 0.15) is 11.3 Å². The maximum absolute atomic E-state index is 11.1. The lowest BCUT2D eigenvalue weighted by Crippen LogP contribution is -2.08.